The monoisotopic (exact) mass is 348 g/mol. The van der Waals surface area contributed by atoms with Crippen molar-refractivity contribution in [2.75, 3.05) is 19.7 Å². The minimum absolute atomic E-state index is 0.0252. The number of aromatic nitrogens is 2. The van der Waals surface area contributed by atoms with Crippen LogP contribution in [0.4, 0.5) is 4.79 Å². The fourth-order valence-corrected chi connectivity index (χ4v) is 3.59. The van der Waals surface area contributed by atoms with Crippen molar-refractivity contribution in [3.05, 3.63) is 40.3 Å². The SMILES string of the molecule is Cn1cc(CCNC(=O)N(Cc2cccs2)C[C@@H]2CCCO2)cn1. The number of rotatable bonds is 7. The Balaban J connectivity index is 1.52. The summed E-state index contributed by atoms with van der Waals surface area (Å²) in [6.07, 6.45) is 6.87. The molecule has 1 saturated heterocycles. The van der Waals surface area contributed by atoms with Crippen molar-refractivity contribution in [1.29, 1.82) is 0 Å². The lowest BCUT2D eigenvalue weighted by Crippen LogP contribution is -2.43. The summed E-state index contributed by atoms with van der Waals surface area (Å²) in [7, 11) is 1.90. The number of nitrogens with one attached hydrogen (secondary N) is 1. The van der Waals surface area contributed by atoms with Gasteiger partial charge in [-0.15, -0.1) is 11.3 Å². The lowest BCUT2D eigenvalue weighted by molar-refractivity contribution is 0.0798. The summed E-state index contributed by atoms with van der Waals surface area (Å²) in [6, 6.07) is 4.06. The van der Waals surface area contributed by atoms with Gasteiger partial charge in [-0.2, -0.15) is 5.10 Å². The maximum atomic E-state index is 12.6. The molecule has 0 spiro atoms. The van der Waals surface area contributed by atoms with Crippen molar-refractivity contribution in [3.63, 3.8) is 0 Å². The van der Waals surface area contributed by atoms with Gasteiger partial charge in [-0.1, -0.05) is 6.07 Å². The number of aryl methyl sites for hydroxylation is 1. The van der Waals surface area contributed by atoms with E-state index in [2.05, 4.69) is 16.5 Å². The maximum Gasteiger partial charge on any atom is 0.317 e. The largest absolute Gasteiger partial charge is 0.376 e. The quantitative estimate of drug-likeness (QED) is 0.836. The van der Waals surface area contributed by atoms with Crippen molar-refractivity contribution in [2.24, 2.45) is 7.05 Å². The zero-order chi connectivity index (χ0) is 16.8. The number of urea groups is 1. The Hall–Kier alpha value is -1.86. The van der Waals surface area contributed by atoms with Gasteiger partial charge in [-0.05, 0) is 36.3 Å². The van der Waals surface area contributed by atoms with E-state index in [0.717, 1.165) is 31.4 Å². The Bertz CT molecular complexity index is 635. The molecule has 2 aromatic rings. The summed E-state index contributed by atoms with van der Waals surface area (Å²) in [4.78, 5) is 15.7. The molecule has 0 radical (unpaired) electrons. The third kappa shape index (κ3) is 4.82. The number of ether oxygens (including phenoxy) is 1. The highest BCUT2D eigenvalue weighted by Crippen LogP contribution is 2.17. The number of thiophene rings is 1. The Kier molecular flexibility index (Phi) is 5.87. The molecule has 0 saturated carbocycles. The third-order valence-corrected chi connectivity index (χ3v) is 4.97. The minimum atomic E-state index is -0.0252. The molecule has 130 valence electrons. The number of hydrogen-bond acceptors (Lipinski definition) is 4. The van der Waals surface area contributed by atoms with E-state index in [0.29, 0.717) is 19.6 Å². The van der Waals surface area contributed by atoms with E-state index in [1.165, 1.54) is 4.88 Å². The average molecular weight is 348 g/mol. The zero-order valence-corrected chi connectivity index (χ0v) is 14.8. The van der Waals surface area contributed by atoms with E-state index in [1.807, 2.05) is 35.8 Å². The first kappa shape index (κ1) is 17.0. The molecule has 3 heterocycles. The molecule has 1 fully saturated rings. The Labute approximate surface area is 146 Å². The Morgan fingerprint density at radius 3 is 3.17 bits per heavy atom. The molecule has 2 amide bonds. The highest BCUT2D eigenvalue weighted by atomic mass is 32.1. The first-order valence-electron chi connectivity index (χ1n) is 8.35. The highest BCUT2D eigenvalue weighted by molar-refractivity contribution is 7.09. The molecule has 1 atom stereocenters. The van der Waals surface area contributed by atoms with E-state index in [-0.39, 0.29) is 12.1 Å². The van der Waals surface area contributed by atoms with Gasteiger partial charge in [-0.3, -0.25) is 4.68 Å². The molecule has 0 unspecified atom stereocenters. The highest BCUT2D eigenvalue weighted by Gasteiger charge is 2.22. The van der Waals surface area contributed by atoms with Crippen molar-refractivity contribution < 1.29 is 9.53 Å². The molecule has 0 aliphatic carbocycles. The van der Waals surface area contributed by atoms with Crippen molar-refractivity contribution in [2.45, 2.75) is 31.9 Å². The summed E-state index contributed by atoms with van der Waals surface area (Å²) in [6.45, 7) is 2.70. The number of hydrogen-bond donors (Lipinski definition) is 1. The van der Waals surface area contributed by atoms with Crippen LogP contribution in [0.5, 0.6) is 0 Å². The fourth-order valence-electron chi connectivity index (χ4n) is 2.87. The van der Waals surface area contributed by atoms with Gasteiger partial charge in [0.05, 0.1) is 18.8 Å². The Morgan fingerprint density at radius 2 is 2.50 bits per heavy atom. The van der Waals surface area contributed by atoms with Gasteiger partial charge < -0.3 is 15.0 Å². The molecule has 0 aromatic carbocycles. The predicted octanol–water partition coefficient (Wildman–Crippen LogP) is 2.41. The predicted molar refractivity (Wildman–Crippen MR) is 94.0 cm³/mol. The normalized spacial score (nSPS) is 17.1. The average Bonchev–Trinajstić information content (AvgIpc) is 3.30. The summed E-state index contributed by atoms with van der Waals surface area (Å²) >= 11 is 1.68. The van der Waals surface area contributed by atoms with Gasteiger partial charge >= 0.3 is 6.03 Å². The molecule has 7 heteroatoms. The van der Waals surface area contributed by atoms with Crippen molar-refractivity contribution >= 4 is 17.4 Å². The van der Waals surface area contributed by atoms with Gasteiger partial charge in [0.15, 0.2) is 0 Å². The van der Waals surface area contributed by atoms with Crippen LogP contribution in [0.3, 0.4) is 0 Å². The lowest BCUT2D eigenvalue weighted by atomic mass is 10.2. The van der Waals surface area contributed by atoms with Crippen LogP contribution in [0, 0.1) is 0 Å². The van der Waals surface area contributed by atoms with Crippen LogP contribution in [-0.2, 0) is 24.8 Å². The summed E-state index contributed by atoms with van der Waals surface area (Å²) in [5.41, 5.74) is 1.13. The second kappa shape index (κ2) is 8.30. The molecule has 6 nitrogen and oxygen atoms in total. The molecule has 2 aromatic heterocycles. The fraction of sp³-hybridized carbons (Fsp3) is 0.529. The van der Waals surface area contributed by atoms with Crippen LogP contribution in [-0.4, -0.2) is 46.5 Å². The second-order valence-electron chi connectivity index (χ2n) is 6.10. The molecule has 1 N–H and O–H groups in total. The first-order valence-corrected chi connectivity index (χ1v) is 9.23. The van der Waals surface area contributed by atoms with Gasteiger partial charge in [-0.25, -0.2) is 4.79 Å². The lowest BCUT2D eigenvalue weighted by Gasteiger charge is -2.25. The summed E-state index contributed by atoms with van der Waals surface area (Å²) < 4.78 is 7.48. The number of amides is 2. The topological polar surface area (TPSA) is 59.4 Å². The minimum Gasteiger partial charge on any atom is -0.376 e. The molecular formula is C17H24N4O2S. The van der Waals surface area contributed by atoms with Crippen molar-refractivity contribution in [3.8, 4) is 0 Å². The maximum absolute atomic E-state index is 12.6. The molecular weight excluding hydrogens is 324 g/mol. The molecule has 0 bridgehead atoms. The van der Waals surface area contributed by atoms with Crippen LogP contribution in [0.2, 0.25) is 0 Å². The summed E-state index contributed by atoms with van der Waals surface area (Å²) in [5.74, 6) is 0. The number of nitrogens with zero attached hydrogens (tertiary/aromatic N) is 3. The Morgan fingerprint density at radius 1 is 1.58 bits per heavy atom. The molecule has 1 aliphatic rings. The van der Waals surface area contributed by atoms with Gasteiger partial charge in [0.25, 0.3) is 0 Å². The van der Waals surface area contributed by atoms with Crippen LogP contribution < -0.4 is 5.32 Å². The van der Waals surface area contributed by atoms with Crippen molar-refractivity contribution in [1.82, 2.24) is 20.0 Å². The molecule has 24 heavy (non-hydrogen) atoms. The van der Waals surface area contributed by atoms with Crippen LogP contribution in [0.15, 0.2) is 29.9 Å². The number of carbonyl (C=O) groups is 1. The second-order valence-corrected chi connectivity index (χ2v) is 7.13. The van der Waals surface area contributed by atoms with E-state index < -0.39 is 0 Å². The van der Waals surface area contributed by atoms with Gasteiger partial charge in [0.2, 0.25) is 0 Å². The first-order chi connectivity index (χ1) is 11.7. The third-order valence-electron chi connectivity index (χ3n) is 4.11. The molecule has 1 aliphatic heterocycles. The van der Waals surface area contributed by atoms with E-state index in [1.54, 1.807) is 16.0 Å². The van der Waals surface area contributed by atoms with Crippen LogP contribution >= 0.6 is 11.3 Å². The molecule has 3 rings (SSSR count). The zero-order valence-electron chi connectivity index (χ0n) is 14.0. The standard InChI is InChI=1S/C17H24N4O2S/c1-20-11-14(10-19-20)6-7-18-17(22)21(12-15-4-2-8-23-15)13-16-5-3-9-24-16/h3,5,9-11,15H,2,4,6-8,12-13H2,1H3,(H,18,22)/t15-/m0/s1. The van der Waals surface area contributed by atoms with E-state index in [9.17, 15) is 4.79 Å². The van der Waals surface area contributed by atoms with Gasteiger partial charge in [0.1, 0.15) is 0 Å². The van der Waals surface area contributed by atoms with E-state index >= 15 is 0 Å². The van der Waals surface area contributed by atoms with Crippen LogP contribution in [0.1, 0.15) is 23.3 Å². The summed E-state index contributed by atoms with van der Waals surface area (Å²) in [5, 5.41) is 9.21. The van der Waals surface area contributed by atoms with Gasteiger partial charge in [0, 0.05) is 37.8 Å². The van der Waals surface area contributed by atoms with Crippen LogP contribution in [0.25, 0.3) is 0 Å². The van der Waals surface area contributed by atoms with E-state index in [4.69, 9.17) is 4.74 Å². The number of carbonyl (C=O) groups excluding carboxylic acids is 1. The smallest absolute Gasteiger partial charge is 0.317 e.